The Kier molecular flexibility index (Phi) is 2.36. The van der Waals surface area contributed by atoms with Crippen molar-refractivity contribution in [2.24, 2.45) is 0 Å². The number of H-pyrrole nitrogens is 1. The van der Waals surface area contributed by atoms with Gasteiger partial charge in [0, 0.05) is 12.8 Å². The predicted molar refractivity (Wildman–Crippen MR) is 50.7 cm³/mol. The lowest BCUT2D eigenvalue weighted by Gasteiger charge is -2.07. The van der Waals surface area contributed by atoms with Gasteiger partial charge in [-0.25, -0.2) is 4.98 Å². The van der Waals surface area contributed by atoms with Crippen molar-refractivity contribution in [3.8, 4) is 0 Å². The van der Waals surface area contributed by atoms with E-state index in [-0.39, 0.29) is 6.10 Å². The Labute approximate surface area is 78.5 Å². The monoisotopic (exact) mass is 180 g/mol. The third kappa shape index (κ3) is 1.61. The van der Waals surface area contributed by atoms with Crippen molar-refractivity contribution in [3.05, 3.63) is 17.2 Å². The molecule has 1 heterocycles. The lowest BCUT2D eigenvalue weighted by Crippen LogP contribution is -2.00. The van der Waals surface area contributed by atoms with Crippen LogP contribution in [0.5, 0.6) is 0 Å². The summed E-state index contributed by atoms with van der Waals surface area (Å²) in [7, 11) is 1.71. The first-order chi connectivity index (χ1) is 6.31. The molecule has 0 aromatic carbocycles. The van der Waals surface area contributed by atoms with Crippen LogP contribution in [0.2, 0.25) is 0 Å². The minimum atomic E-state index is 0.0885. The number of hydrogen-bond donors (Lipinski definition) is 1. The predicted octanol–water partition coefficient (Wildman–Crippen LogP) is 2.00. The molecule has 0 saturated carbocycles. The Morgan fingerprint density at radius 3 is 2.85 bits per heavy atom. The quantitative estimate of drug-likeness (QED) is 0.755. The first-order valence-corrected chi connectivity index (χ1v) is 4.91. The van der Waals surface area contributed by atoms with Gasteiger partial charge in [-0.15, -0.1) is 0 Å². The number of aromatic nitrogens is 2. The van der Waals surface area contributed by atoms with Gasteiger partial charge in [-0.2, -0.15) is 0 Å². The van der Waals surface area contributed by atoms with Crippen LogP contribution >= 0.6 is 0 Å². The number of aromatic amines is 1. The van der Waals surface area contributed by atoms with Crippen LogP contribution in [0.3, 0.4) is 0 Å². The van der Waals surface area contributed by atoms with Gasteiger partial charge in [-0.05, 0) is 32.6 Å². The lowest BCUT2D eigenvalue weighted by atomic mass is 10.0. The molecule has 0 radical (unpaired) electrons. The molecule has 0 fully saturated rings. The van der Waals surface area contributed by atoms with Crippen LogP contribution in [0, 0.1) is 0 Å². The van der Waals surface area contributed by atoms with Crippen molar-refractivity contribution in [2.75, 3.05) is 7.11 Å². The summed E-state index contributed by atoms with van der Waals surface area (Å²) < 4.78 is 5.22. The minimum Gasteiger partial charge on any atom is -0.374 e. The van der Waals surface area contributed by atoms with E-state index >= 15 is 0 Å². The van der Waals surface area contributed by atoms with Crippen LogP contribution in [0.25, 0.3) is 0 Å². The molecule has 3 nitrogen and oxygen atoms in total. The van der Waals surface area contributed by atoms with Crippen molar-refractivity contribution in [1.82, 2.24) is 9.97 Å². The zero-order chi connectivity index (χ0) is 9.26. The summed E-state index contributed by atoms with van der Waals surface area (Å²) in [6, 6.07) is 0. The van der Waals surface area contributed by atoms with E-state index in [0.29, 0.717) is 0 Å². The Morgan fingerprint density at radius 1 is 1.38 bits per heavy atom. The highest BCUT2D eigenvalue weighted by molar-refractivity contribution is 5.18. The summed E-state index contributed by atoms with van der Waals surface area (Å²) in [6.07, 6.45) is 4.93. The van der Waals surface area contributed by atoms with E-state index in [4.69, 9.17) is 4.74 Å². The smallest absolute Gasteiger partial charge is 0.135 e. The third-order valence-corrected chi connectivity index (χ3v) is 2.71. The second-order valence-corrected chi connectivity index (χ2v) is 3.63. The van der Waals surface area contributed by atoms with Gasteiger partial charge in [0.1, 0.15) is 11.9 Å². The van der Waals surface area contributed by atoms with Gasteiger partial charge in [0.05, 0.1) is 5.69 Å². The van der Waals surface area contributed by atoms with Gasteiger partial charge in [-0.3, -0.25) is 0 Å². The van der Waals surface area contributed by atoms with Gasteiger partial charge in [-0.1, -0.05) is 0 Å². The summed E-state index contributed by atoms with van der Waals surface area (Å²) in [5.74, 6) is 0.981. The number of nitrogens with one attached hydrogen (secondary N) is 1. The van der Waals surface area contributed by atoms with Crippen LogP contribution in [-0.4, -0.2) is 17.1 Å². The SMILES string of the molecule is COC(C)c1nc2c([nH]1)CCCC2. The van der Waals surface area contributed by atoms with Crippen molar-refractivity contribution >= 4 is 0 Å². The number of hydrogen-bond acceptors (Lipinski definition) is 2. The fraction of sp³-hybridized carbons (Fsp3) is 0.700. The number of fused-ring (bicyclic) bond motifs is 1. The van der Waals surface area contributed by atoms with Gasteiger partial charge in [0.15, 0.2) is 0 Å². The van der Waals surface area contributed by atoms with Crippen LogP contribution in [0.4, 0.5) is 0 Å². The molecule has 1 aliphatic rings. The van der Waals surface area contributed by atoms with E-state index in [1.165, 1.54) is 24.2 Å². The highest BCUT2D eigenvalue weighted by Gasteiger charge is 2.16. The molecule has 0 amide bonds. The topological polar surface area (TPSA) is 37.9 Å². The van der Waals surface area contributed by atoms with Crippen LogP contribution in [-0.2, 0) is 17.6 Å². The van der Waals surface area contributed by atoms with E-state index < -0.39 is 0 Å². The normalized spacial score (nSPS) is 18.3. The first-order valence-electron chi connectivity index (χ1n) is 4.91. The van der Waals surface area contributed by atoms with E-state index in [2.05, 4.69) is 9.97 Å². The van der Waals surface area contributed by atoms with Gasteiger partial charge in [0.25, 0.3) is 0 Å². The average Bonchev–Trinajstić information content (AvgIpc) is 2.59. The number of rotatable bonds is 2. The molecule has 72 valence electrons. The van der Waals surface area contributed by atoms with Gasteiger partial charge < -0.3 is 9.72 Å². The van der Waals surface area contributed by atoms with Crippen molar-refractivity contribution < 1.29 is 4.74 Å². The van der Waals surface area contributed by atoms with E-state index in [1.54, 1.807) is 7.11 Å². The van der Waals surface area contributed by atoms with E-state index in [9.17, 15) is 0 Å². The van der Waals surface area contributed by atoms with Crippen LogP contribution in [0.1, 0.15) is 43.1 Å². The van der Waals surface area contributed by atoms with Crippen molar-refractivity contribution in [1.29, 1.82) is 0 Å². The summed E-state index contributed by atoms with van der Waals surface area (Å²) >= 11 is 0. The molecule has 1 aliphatic carbocycles. The number of nitrogens with zero attached hydrogens (tertiary/aromatic N) is 1. The molecule has 0 spiro atoms. The van der Waals surface area contributed by atoms with Gasteiger partial charge >= 0.3 is 0 Å². The maximum absolute atomic E-state index is 5.22. The lowest BCUT2D eigenvalue weighted by molar-refractivity contribution is 0.112. The number of imidazole rings is 1. The van der Waals surface area contributed by atoms with Crippen molar-refractivity contribution in [3.63, 3.8) is 0 Å². The molecule has 1 N–H and O–H groups in total. The van der Waals surface area contributed by atoms with Crippen LogP contribution < -0.4 is 0 Å². The Hall–Kier alpha value is -0.830. The molecule has 1 aromatic heterocycles. The number of methoxy groups -OCH3 is 1. The second kappa shape index (κ2) is 3.50. The van der Waals surface area contributed by atoms with Crippen LogP contribution in [0.15, 0.2) is 0 Å². The zero-order valence-corrected chi connectivity index (χ0v) is 8.26. The average molecular weight is 180 g/mol. The summed E-state index contributed by atoms with van der Waals surface area (Å²) in [5, 5.41) is 0. The fourth-order valence-corrected chi connectivity index (χ4v) is 1.78. The minimum absolute atomic E-state index is 0.0885. The standard InChI is InChI=1S/C10H16N2O/c1-7(13-2)10-11-8-5-3-4-6-9(8)12-10/h7H,3-6H2,1-2H3,(H,11,12). The first kappa shape index (κ1) is 8.75. The molecular formula is C10H16N2O. The highest BCUT2D eigenvalue weighted by Crippen LogP contribution is 2.21. The number of ether oxygens (including phenoxy) is 1. The molecule has 0 saturated heterocycles. The van der Waals surface area contributed by atoms with Crippen molar-refractivity contribution in [2.45, 2.75) is 38.7 Å². The highest BCUT2D eigenvalue weighted by atomic mass is 16.5. The largest absolute Gasteiger partial charge is 0.374 e. The molecule has 3 heteroatoms. The van der Waals surface area contributed by atoms with E-state index in [0.717, 1.165) is 18.7 Å². The summed E-state index contributed by atoms with van der Waals surface area (Å²) in [6.45, 7) is 2.02. The van der Waals surface area contributed by atoms with Gasteiger partial charge in [0.2, 0.25) is 0 Å². The Balaban J connectivity index is 2.25. The molecule has 1 atom stereocenters. The Bertz CT molecular complexity index is 270. The molecule has 0 aliphatic heterocycles. The molecular weight excluding hydrogens is 164 g/mol. The fourth-order valence-electron chi connectivity index (χ4n) is 1.78. The maximum atomic E-state index is 5.22. The number of aryl methyl sites for hydroxylation is 2. The second-order valence-electron chi connectivity index (χ2n) is 3.63. The summed E-state index contributed by atoms with van der Waals surface area (Å²) in [4.78, 5) is 7.89. The molecule has 13 heavy (non-hydrogen) atoms. The maximum Gasteiger partial charge on any atom is 0.135 e. The molecule has 1 unspecified atom stereocenters. The van der Waals surface area contributed by atoms with E-state index in [1.807, 2.05) is 6.92 Å². The zero-order valence-electron chi connectivity index (χ0n) is 8.26. The molecule has 2 rings (SSSR count). The summed E-state index contributed by atoms with van der Waals surface area (Å²) in [5.41, 5.74) is 2.58. The molecule has 0 bridgehead atoms. The third-order valence-electron chi connectivity index (χ3n) is 2.71. The Morgan fingerprint density at radius 2 is 2.15 bits per heavy atom. The molecule has 1 aromatic rings.